The van der Waals surface area contributed by atoms with E-state index in [1.165, 1.54) is 0 Å². The second-order valence-electron chi connectivity index (χ2n) is 4.64. The fourth-order valence-corrected chi connectivity index (χ4v) is 1.81. The second-order valence-corrected chi connectivity index (χ2v) is 4.64. The Labute approximate surface area is 124 Å². The van der Waals surface area contributed by atoms with Gasteiger partial charge in [-0.3, -0.25) is 4.79 Å². The van der Waals surface area contributed by atoms with Crippen LogP contribution in [-0.4, -0.2) is 37.9 Å². The molecule has 0 radical (unpaired) electrons. The van der Waals surface area contributed by atoms with Crippen LogP contribution in [0.5, 0.6) is 0 Å². The van der Waals surface area contributed by atoms with Gasteiger partial charge in [-0.15, -0.1) is 0 Å². The average molecular weight is 294 g/mol. The van der Waals surface area contributed by atoms with E-state index in [0.29, 0.717) is 13.0 Å². The Bertz CT molecular complexity index is 437. The third kappa shape index (κ3) is 7.94. The SMILES string of the molecule is CCCOCC(=O)N[C@@H](COC(N)=O)Cc1ccccc1. The molecular formula is C15H22N2O4. The minimum Gasteiger partial charge on any atom is -0.448 e. The topological polar surface area (TPSA) is 90.7 Å². The fraction of sp³-hybridized carbons (Fsp3) is 0.467. The zero-order valence-electron chi connectivity index (χ0n) is 12.2. The van der Waals surface area contributed by atoms with Gasteiger partial charge >= 0.3 is 6.09 Å². The molecule has 0 spiro atoms. The fourth-order valence-electron chi connectivity index (χ4n) is 1.81. The number of carbonyl (C=O) groups excluding carboxylic acids is 2. The lowest BCUT2D eigenvalue weighted by Gasteiger charge is -2.18. The number of primary amides is 1. The van der Waals surface area contributed by atoms with Crippen molar-refractivity contribution in [3.63, 3.8) is 0 Å². The van der Waals surface area contributed by atoms with Crippen molar-refractivity contribution in [3.8, 4) is 0 Å². The summed E-state index contributed by atoms with van der Waals surface area (Å²) in [7, 11) is 0. The molecule has 0 unspecified atom stereocenters. The minimum atomic E-state index is -0.857. The molecule has 1 atom stereocenters. The number of hydrogen-bond acceptors (Lipinski definition) is 4. The lowest BCUT2D eigenvalue weighted by Crippen LogP contribution is -2.42. The summed E-state index contributed by atoms with van der Waals surface area (Å²) in [5, 5.41) is 2.78. The van der Waals surface area contributed by atoms with Crippen molar-refractivity contribution in [3.05, 3.63) is 35.9 Å². The molecule has 6 heteroatoms. The van der Waals surface area contributed by atoms with Gasteiger partial charge in [0.05, 0.1) is 6.04 Å². The highest BCUT2D eigenvalue weighted by atomic mass is 16.5. The van der Waals surface area contributed by atoms with Crippen LogP contribution in [0.4, 0.5) is 4.79 Å². The summed E-state index contributed by atoms with van der Waals surface area (Å²) in [6.45, 7) is 2.53. The predicted molar refractivity (Wildman–Crippen MR) is 78.7 cm³/mol. The van der Waals surface area contributed by atoms with Crippen molar-refractivity contribution < 1.29 is 19.1 Å². The quantitative estimate of drug-likeness (QED) is 0.670. The molecule has 0 heterocycles. The highest BCUT2D eigenvalue weighted by Gasteiger charge is 2.15. The van der Waals surface area contributed by atoms with Gasteiger partial charge in [0.15, 0.2) is 0 Å². The van der Waals surface area contributed by atoms with Crippen molar-refractivity contribution >= 4 is 12.0 Å². The summed E-state index contributed by atoms with van der Waals surface area (Å²) >= 11 is 0. The highest BCUT2D eigenvalue weighted by Crippen LogP contribution is 2.04. The van der Waals surface area contributed by atoms with Crippen molar-refractivity contribution in [2.45, 2.75) is 25.8 Å². The van der Waals surface area contributed by atoms with E-state index < -0.39 is 6.09 Å². The molecule has 0 saturated heterocycles. The number of carbonyl (C=O) groups is 2. The molecule has 1 rings (SSSR count). The first kappa shape index (κ1) is 17.0. The van der Waals surface area contributed by atoms with E-state index >= 15 is 0 Å². The molecule has 0 fully saturated rings. The van der Waals surface area contributed by atoms with E-state index in [9.17, 15) is 9.59 Å². The molecule has 0 aliphatic rings. The van der Waals surface area contributed by atoms with Gasteiger partial charge in [-0.05, 0) is 18.4 Å². The summed E-state index contributed by atoms with van der Waals surface area (Å²) in [4.78, 5) is 22.5. The van der Waals surface area contributed by atoms with Crippen LogP contribution in [0.2, 0.25) is 0 Å². The maximum absolute atomic E-state index is 11.8. The molecule has 21 heavy (non-hydrogen) atoms. The molecule has 0 aliphatic heterocycles. The molecule has 0 bridgehead atoms. The monoisotopic (exact) mass is 294 g/mol. The molecule has 0 aliphatic carbocycles. The third-order valence-electron chi connectivity index (χ3n) is 2.70. The number of benzene rings is 1. The largest absolute Gasteiger partial charge is 0.448 e. The number of rotatable bonds is 9. The zero-order chi connectivity index (χ0) is 15.5. The third-order valence-corrected chi connectivity index (χ3v) is 2.70. The summed E-state index contributed by atoms with van der Waals surface area (Å²) in [6, 6.07) is 9.28. The van der Waals surface area contributed by atoms with Gasteiger partial charge in [0.2, 0.25) is 5.91 Å². The Hall–Kier alpha value is -2.08. The molecule has 0 aromatic heterocycles. The number of nitrogens with two attached hydrogens (primary N) is 1. The summed E-state index contributed by atoms with van der Waals surface area (Å²) < 4.78 is 9.96. The van der Waals surface area contributed by atoms with E-state index in [0.717, 1.165) is 12.0 Å². The first-order valence-corrected chi connectivity index (χ1v) is 6.95. The maximum Gasteiger partial charge on any atom is 0.404 e. The molecule has 1 aromatic rings. The molecule has 2 amide bonds. The Morgan fingerprint density at radius 2 is 2.00 bits per heavy atom. The first-order valence-electron chi connectivity index (χ1n) is 6.95. The average Bonchev–Trinajstić information content (AvgIpc) is 2.46. The van der Waals surface area contributed by atoms with Crippen LogP contribution in [0.25, 0.3) is 0 Å². The van der Waals surface area contributed by atoms with Gasteiger partial charge in [-0.2, -0.15) is 0 Å². The zero-order valence-corrected chi connectivity index (χ0v) is 12.2. The lowest BCUT2D eigenvalue weighted by molar-refractivity contribution is -0.126. The Balaban J connectivity index is 2.51. The number of ether oxygens (including phenoxy) is 2. The van der Waals surface area contributed by atoms with Gasteiger partial charge in [-0.1, -0.05) is 37.3 Å². The van der Waals surface area contributed by atoms with Gasteiger partial charge in [0.1, 0.15) is 13.2 Å². The highest BCUT2D eigenvalue weighted by molar-refractivity contribution is 5.77. The Morgan fingerprint density at radius 3 is 2.62 bits per heavy atom. The number of hydrogen-bond donors (Lipinski definition) is 2. The van der Waals surface area contributed by atoms with E-state index in [1.807, 2.05) is 37.3 Å². The van der Waals surface area contributed by atoms with Gasteiger partial charge in [0, 0.05) is 6.61 Å². The van der Waals surface area contributed by atoms with Crippen molar-refractivity contribution in [2.75, 3.05) is 19.8 Å². The molecule has 1 aromatic carbocycles. The van der Waals surface area contributed by atoms with Crippen LogP contribution in [0.3, 0.4) is 0 Å². The van der Waals surface area contributed by atoms with Crippen molar-refractivity contribution in [2.24, 2.45) is 5.73 Å². The van der Waals surface area contributed by atoms with Crippen LogP contribution in [0.1, 0.15) is 18.9 Å². The number of nitrogens with one attached hydrogen (secondary N) is 1. The summed E-state index contributed by atoms with van der Waals surface area (Å²) in [5.41, 5.74) is 6.00. The first-order chi connectivity index (χ1) is 10.1. The van der Waals surface area contributed by atoms with E-state index in [2.05, 4.69) is 5.32 Å². The smallest absolute Gasteiger partial charge is 0.404 e. The Morgan fingerprint density at radius 1 is 1.29 bits per heavy atom. The van der Waals surface area contributed by atoms with E-state index in [-0.39, 0.29) is 25.2 Å². The standard InChI is InChI=1S/C15H22N2O4/c1-2-8-20-11-14(18)17-13(10-21-15(16)19)9-12-6-4-3-5-7-12/h3-7,13H,2,8-11H2,1H3,(H2,16,19)(H,17,18)/t13-/m1/s1. The van der Waals surface area contributed by atoms with Crippen LogP contribution < -0.4 is 11.1 Å². The van der Waals surface area contributed by atoms with Crippen LogP contribution in [-0.2, 0) is 20.7 Å². The number of amides is 2. The molecule has 6 nitrogen and oxygen atoms in total. The molecule has 0 saturated carbocycles. The van der Waals surface area contributed by atoms with Gasteiger partial charge in [-0.25, -0.2) is 4.79 Å². The van der Waals surface area contributed by atoms with Crippen molar-refractivity contribution in [1.82, 2.24) is 5.32 Å². The lowest BCUT2D eigenvalue weighted by atomic mass is 10.1. The van der Waals surface area contributed by atoms with Crippen LogP contribution in [0, 0.1) is 0 Å². The summed E-state index contributed by atoms with van der Waals surface area (Å²) in [6.07, 6.45) is 0.545. The molecular weight excluding hydrogens is 272 g/mol. The van der Waals surface area contributed by atoms with Gasteiger partial charge in [0.25, 0.3) is 0 Å². The minimum absolute atomic E-state index is 0.00426. The molecule has 3 N–H and O–H groups in total. The van der Waals surface area contributed by atoms with E-state index in [4.69, 9.17) is 15.2 Å². The maximum atomic E-state index is 11.8. The van der Waals surface area contributed by atoms with Crippen LogP contribution >= 0.6 is 0 Å². The van der Waals surface area contributed by atoms with E-state index in [1.54, 1.807) is 0 Å². The second kappa shape index (κ2) is 9.77. The summed E-state index contributed by atoms with van der Waals surface area (Å²) in [5.74, 6) is -0.238. The van der Waals surface area contributed by atoms with Crippen molar-refractivity contribution in [1.29, 1.82) is 0 Å². The normalized spacial score (nSPS) is 11.7. The Kier molecular flexibility index (Phi) is 7.89. The van der Waals surface area contributed by atoms with Crippen LogP contribution in [0.15, 0.2) is 30.3 Å². The van der Waals surface area contributed by atoms with Gasteiger partial charge < -0.3 is 20.5 Å². The molecule has 116 valence electrons. The predicted octanol–water partition coefficient (Wildman–Crippen LogP) is 1.24.